The summed E-state index contributed by atoms with van der Waals surface area (Å²) >= 11 is 6.20. The quantitative estimate of drug-likeness (QED) is 0.422. The van der Waals surface area contributed by atoms with Gasteiger partial charge in [0.05, 0.1) is 7.05 Å². The van der Waals surface area contributed by atoms with Gasteiger partial charge in [-0.3, -0.25) is 4.99 Å². The average Bonchev–Trinajstić information content (AvgIpc) is 2.72. The second-order valence-corrected chi connectivity index (χ2v) is 8.04. The van der Waals surface area contributed by atoms with Crippen molar-refractivity contribution in [2.75, 3.05) is 31.4 Å². The highest BCUT2D eigenvalue weighted by atomic mass is 35.5. The van der Waals surface area contributed by atoms with Gasteiger partial charge in [-0.15, -0.1) is 0 Å². The molecule has 1 aromatic heterocycles. The van der Waals surface area contributed by atoms with Crippen molar-refractivity contribution >= 4 is 34.6 Å². The van der Waals surface area contributed by atoms with Crippen molar-refractivity contribution in [2.24, 2.45) is 4.99 Å². The Morgan fingerprint density at radius 1 is 1.27 bits per heavy atom. The van der Waals surface area contributed by atoms with Crippen molar-refractivity contribution in [3.05, 3.63) is 72.1 Å². The van der Waals surface area contributed by atoms with Crippen LogP contribution in [0.5, 0.6) is 0 Å². The third kappa shape index (κ3) is 4.52. The third-order valence-corrected chi connectivity index (χ3v) is 4.90. The maximum Gasteiger partial charge on any atom is 0.302 e. The maximum atomic E-state index is 6.20. The summed E-state index contributed by atoms with van der Waals surface area (Å²) in [6.07, 6.45) is 6.92. The van der Waals surface area contributed by atoms with Crippen LogP contribution in [0.4, 0.5) is 11.4 Å². The first kappa shape index (κ1) is 21.5. The molecule has 0 spiro atoms. The molecular formula is C22H27ClN7+. The fourth-order valence-electron chi connectivity index (χ4n) is 3.09. The van der Waals surface area contributed by atoms with E-state index in [0.29, 0.717) is 16.7 Å². The number of aliphatic imine (C=N–C) groups is 1. The Balaban J connectivity index is 2.07. The molecule has 30 heavy (non-hydrogen) atoms. The van der Waals surface area contributed by atoms with Crippen LogP contribution >= 0.6 is 11.6 Å². The van der Waals surface area contributed by atoms with Gasteiger partial charge in [0.1, 0.15) is 23.3 Å². The van der Waals surface area contributed by atoms with Crippen LogP contribution in [-0.2, 0) is 5.54 Å². The van der Waals surface area contributed by atoms with E-state index < -0.39 is 5.54 Å². The zero-order chi connectivity index (χ0) is 21.9. The van der Waals surface area contributed by atoms with Crippen LogP contribution in [0.25, 0.3) is 0 Å². The minimum absolute atomic E-state index is 0.637. The average molecular weight is 425 g/mol. The molecular weight excluding hydrogens is 398 g/mol. The van der Waals surface area contributed by atoms with Gasteiger partial charge in [0.25, 0.3) is 0 Å². The van der Waals surface area contributed by atoms with Gasteiger partial charge in [0.2, 0.25) is 0 Å². The van der Waals surface area contributed by atoms with Gasteiger partial charge in [-0.1, -0.05) is 18.2 Å². The molecule has 8 heteroatoms. The molecule has 2 heterocycles. The lowest BCUT2D eigenvalue weighted by atomic mass is 10.0. The van der Waals surface area contributed by atoms with Crippen molar-refractivity contribution < 1.29 is 4.58 Å². The van der Waals surface area contributed by atoms with Crippen molar-refractivity contribution in [3.8, 4) is 0 Å². The SMILES string of the molecule is C=CNC(=NC(C)(C)c1ncccn1)c1cc(NC2=[N+](C)C=C2Cl)ccc1N(C)C. The molecule has 0 atom stereocenters. The fourth-order valence-corrected chi connectivity index (χ4v) is 3.41. The monoisotopic (exact) mass is 424 g/mol. The van der Waals surface area contributed by atoms with Crippen LogP contribution in [0.15, 0.2) is 65.7 Å². The van der Waals surface area contributed by atoms with Crippen LogP contribution in [0.3, 0.4) is 0 Å². The van der Waals surface area contributed by atoms with E-state index in [1.54, 1.807) is 24.7 Å². The molecule has 2 N–H and O–H groups in total. The van der Waals surface area contributed by atoms with Crippen LogP contribution in [0.1, 0.15) is 25.2 Å². The van der Waals surface area contributed by atoms with Gasteiger partial charge < -0.3 is 10.2 Å². The Morgan fingerprint density at radius 2 is 1.97 bits per heavy atom. The molecule has 0 unspecified atom stereocenters. The van der Waals surface area contributed by atoms with Crippen molar-refractivity contribution in [3.63, 3.8) is 0 Å². The number of benzene rings is 1. The van der Waals surface area contributed by atoms with Gasteiger partial charge in [0, 0.05) is 37.7 Å². The third-order valence-electron chi connectivity index (χ3n) is 4.63. The van der Waals surface area contributed by atoms with Gasteiger partial charge in [-0.05, 0) is 44.3 Å². The minimum atomic E-state index is -0.644. The number of nitrogens with one attached hydrogen (secondary N) is 2. The molecule has 0 fully saturated rings. The lowest BCUT2D eigenvalue weighted by Gasteiger charge is -2.23. The topological polar surface area (TPSA) is 68.5 Å². The normalized spacial score (nSPS) is 14.1. The fraction of sp³-hybridized carbons (Fsp3) is 0.273. The minimum Gasteiger partial charge on any atom is -0.377 e. The van der Waals surface area contributed by atoms with E-state index >= 15 is 0 Å². The summed E-state index contributed by atoms with van der Waals surface area (Å²) in [5, 5.41) is 7.25. The summed E-state index contributed by atoms with van der Waals surface area (Å²) in [6, 6.07) is 7.89. The van der Waals surface area contributed by atoms with Gasteiger partial charge in [-0.2, -0.15) is 0 Å². The Morgan fingerprint density at radius 3 is 2.53 bits per heavy atom. The summed E-state index contributed by atoms with van der Waals surface area (Å²) in [7, 11) is 5.94. The zero-order valence-corrected chi connectivity index (χ0v) is 18.7. The highest BCUT2D eigenvalue weighted by Gasteiger charge is 2.27. The van der Waals surface area contributed by atoms with E-state index in [2.05, 4.69) is 27.2 Å². The predicted octanol–water partition coefficient (Wildman–Crippen LogP) is 3.50. The maximum absolute atomic E-state index is 6.20. The number of halogens is 1. The number of rotatable bonds is 6. The lowest BCUT2D eigenvalue weighted by Crippen LogP contribution is -2.30. The summed E-state index contributed by atoms with van der Waals surface area (Å²) < 4.78 is 1.94. The van der Waals surface area contributed by atoms with E-state index in [9.17, 15) is 0 Å². The molecule has 156 valence electrons. The van der Waals surface area contributed by atoms with Crippen LogP contribution in [0.2, 0.25) is 0 Å². The number of hydrogen-bond donors (Lipinski definition) is 2. The smallest absolute Gasteiger partial charge is 0.302 e. The standard InChI is InChI=1S/C22H26ClN7/c1-7-24-19(28-22(2,3)21-25-11-8-12-26-21)16-13-15(9-10-18(16)29(4)5)27-20-17(23)14-30(20)6/h7-14H,1H2,2-6H3,(H,24,28)/p+1. The number of amidine groups is 2. The lowest BCUT2D eigenvalue weighted by molar-refractivity contribution is -0.433. The summed E-state index contributed by atoms with van der Waals surface area (Å²) in [6.45, 7) is 7.79. The number of aromatic nitrogens is 2. The number of anilines is 2. The molecule has 1 aliphatic heterocycles. The second kappa shape index (κ2) is 8.67. The van der Waals surface area contributed by atoms with Gasteiger partial charge >= 0.3 is 5.84 Å². The summed E-state index contributed by atoms with van der Waals surface area (Å²) in [4.78, 5) is 15.8. The van der Waals surface area contributed by atoms with Crippen LogP contribution in [-0.4, -0.2) is 47.4 Å². The molecule has 0 radical (unpaired) electrons. The van der Waals surface area contributed by atoms with Crippen molar-refractivity contribution in [1.82, 2.24) is 15.3 Å². The summed E-state index contributed by atoms with van der Waals surface area (Å²) in [5.41, 5.74) is 2.17. The Hall–Kier alpha value is -3.19. The second-order valence-electron chi connectivity index (χ2n) is 7.63. The largest absolute Gasteiger partial charge is 0.377 e. The molecule has 2 aromatic rings. The van der Waals surface area contributed by atoms with Crippen molar-refractivity contribution in [1.29, 1.82) is 0 Å². The van der Waals surface area contributed by atoms with E-state index in [4.69, 9.17) is 16.6 Å². The molecule has 1 aliphatic rings. The first-order chi connectivity index (χ1) is 14.2. The van der Waals surface area contributed by atoms with Crippen molar-refractivity contribution in [2.45, 2.75) is 19.4 Å². The van der Waals surface area contributed by atoms with Crippen LogP contribution < -0.4 is 15.5 Å². The van der Waals surface area contributed by atoms with E-state index in [1.807, 2.05) is 68.9 Å². The summed E-state index contributed by atoms with van der Waals surface area (Å²) in [5.74, 6) is 2.16. The number of nitrogens with zero attached hydrogens (tertiary/aromatic N) is 5. The highest BCUT2D eigenvalue weighted by Crippen LogP contribution is 2.28. The van der Waals surface area contributed by atoms with E-state index in [-0.39, 0.29) is 0 Å². The Bertz CT molecular complexity index is 1040. The van der Waals surface area contributed by atoms with E-state index in [0.717, 1.165) is 22.8 Å². The molecule has 0 saturated carbocycles. The molecule has 1 aromatic carbocycles. The first-order valence-corrected chi connectivity index (χ1v) is 9.92. The van der Waals surface area contributed by atoms with Gasteiger partial charge in [-0.25, -0.2) is 19.9 Å². The zero-order valence-electron chi connectivity index (χ0n) is 17.9. The number of hydrogen-bond acceptors (Lipinski definition) is 5. The Kier molecular flexibility index (Phi) is 6.22. The van der Waals surface area contributed by atoms with Gasteiger partial charge in [0.15, 0.2) is 10.9 Å². The van der Waals surface area contributed by atoms with Crippen LogP contribution in [0, 0.1) is 0 Å². The molecule has 7 nitrogen and oxygen atoms in total. The molecule has 0 amide bonds. The first-order valence-electron chi connectivity index (χ1n) is 9.54. The molecule has 0 aliphatic carbocycles. The predicted molar refractivity (Wildman–Crippen MR) is 124 cm³/mol. The highest BCUT2D eigenvalue weighted by molar-refractivity contribution is 6.45. The van der Waals surface area contributed by atoms with E-state index in [1.165, 1.54) is 0 Å². The molecule has 0 saturated heterocycles. The molecule has 0 bridgehead atoms. The molecule has 3 rings (SSSR count). The Labute approximate surface area is 182 Å².